The van der Waals surface area contributed by atoms with E-state index >= 15 is 0 Å². The molecule has 0 saturated carbocycles. The summed E-state index contributed by atoms with van der Waals surface area (Å²) in [5.41, 5.74) is 0.769. The van der Waals surface area contributed by atoms with Gasteiger partial charge in [-0.2, -0.15) is 4.31 Å². The van der Waals surface area contributed by atoms with Crippen LogP contribution in [-0.4, -0.2) is 60.9 Å². The lowest BCUT2D eigenvalue weighted by Gasteiger charge is -2.19. The number of urea groups is 1. The highest BCUT2D eigenvalue weighted by molar-refractivity contribution is 7.89. The minimum Gasteiger partial charge on any atom is -0.481 e. The lowest BCUT2D eigenvalue weighted by atomic mass is 10.1. The van der Waals surface area contributed by atoms with Crippen LogP contribution in [0.25, 0.3) is 0 Å². The molecule has 2 N–H and O–H groups in total. The predicted molar refractivity (Wildman–Crippen MR) is 96.1 cm³/mol. The van der Waals surface area contributed by atoms with Crippen molar-refractivity contribution in [2.24, 2.45) is 5.92 Å². The first-order valence-corrected chi connectivity index (χ1v) is 10.1. The number of likely N-dealkylation sites (tertiary alicyclic amines) is 1. The first kappa shape index (κ1) is 20.2. The Morgan fingerprint density at radius 3 is 2.35 bits per heavy atom. The maximum atomic E-state index is 12.4. The van der Waals surface area contributed by atoms with Gasteiger partial charge in [0.1, 0.15) is 0 Å². The third-order valence-corrected chi connectivity index (χ3v) is 6.60. The summed E-state index contributed by atoms with van der Waals surface area (Å²) in [5, 5.41) is 11.7. The van der Waals surface area contributed by atoms with Crippen LogP contribution in [0.4, 0.5) is 4.79 Å². The van der Waals surface area contributed by atoms with Gasteiger partial charge in [0.15, 0.2) is 0 Å². The molecule has 1 atom stereocenters. The molecule has 1 aliphatic heterocycles. The van der Waals surface area contributed by atoms with Gasteiger partial charge in [-0.25, -0.2) is 13.2 Å². The van der Waals surface area contributed by atoms with Crippen LogP contribution in [0.15, 0.2) is 29.2 Å². The van der Waals surface area contributed by atoms with Gasteiger partial charge in [0.05, 0.1) is 10.8 Å². The molecule has 0 radical (unpaired) electrons. The highest BCUT2D eigenvalue weighted by atomic mass is 32.2. The summed E-state index contributed by atoms with van der Waals surface area (Å²) in [6.45, 7) is 5.27. The van der Waals surface area contributed by atoms with Crippen LogP contribution in [0.3, 0.4) is 0 Å². The van der Waals surface area contributed by atoms with E-state index in [1.54, 1.807) is 26.0 Å². The van der Waals surface area contributed by atoms with Crippen molar-refractivity contribution in [1.82, 2.24) is 14.5 Å². The van der Waals surface area contributed by atoms with Gasteiger partial charge in [0.25, 0.3) is 0 Å². The number of benzene rings is 1. The Bertz CT molecular complexity index is 744. The number of carboxylic acid groups (broad SMARTS) is 1. The van der Waals surface area contributed by atoms with Gasteiger partial charge in [-0.3, -0.25) is 4.79 Å². The SMILES string of the molecule is CCN(CC)S(=O)(=O)c1ccc(CNC(=O)N2CCC(C(=O)O)C2)cc1. The maximum absolute atomic E-state index is 12.4. The van der Waals surface area contributed by atoms with E-state index in [-0.39, 0.29) is 24.0 Å². The Kier molecular flexibility index (Phi) is 6.60. The van der Waals surface area contributed by atoms with Crippen molar-refractivity contribution in [3.63, 3.8) is 0 Å². The lowest BCUT2D eigenvalue weighted by Crippen LogP contribution is -2.38. The number of carbonyl (C=O) groups is 2. The summed E-state index contributed by atoms with van der Waals surface area (Å²) in [4.78, 5) is 24.7. The van der Waals surface area contributed by atoms with E-state index in [4.69, 9.17) is 5.11 Å². The molecule has 1 saturated heterocycles. The van der Waals surface area contributed by atoms with Crippen molar-refractivity contribution in [2.75, 3.05) is 26.2 Å². The number of nitrogens with one attached hydrogen (secondary N) is 1. The standard InChI is InChI=1S/C17H25N3O5S/c1-3-20(4-2)26(24,25)15-7-5-13(6-8-15)11-18-17(23)19-10-9-14(12-19)16(21)22/h5-8,14H,3-4,9-12H2,1-2H3,(H,18,23)(H,21,22). The van der Waals surface area contributed by atoms with Crippen molar-refractivity contribution in [3.8, 4) is 0 Å². The Hall–Kier alpha value is -2.13. The zero-order valence-corrected chi connectivity index (χ0v) is 15.8. The zero-order valence-electron chi connectivity index (χ0n) is 15.0. The van der Waals surface area contributed by atoms with Crippen LogP contribution in [0.2, 0.25) is 0 Å². The number of aliphatic carboxylic acids is 1. The number of carbonyl (C=O) groups excluding carboxylic acids is 1. The Morgan fingerprint density at radius 2 is 1.85 bits per heavy atom. The van der Waals surface area contributed by atoms with Gasteiger partial charge in [-0.1, -0.05) is 26.0 Å². The maximum Gasteiger partial charge on any atom is 0.317 e. The van der Waals surface area contributed by atoms with Crippen LogP contribution < -0.4 is 5.32 Å². The minimum absolute atomic E-state index is 0.211. The van der Waals surface area contributed by atoms with E-state index in [9.17, 15) is 18.0 Å². The van der Waals surface area contributed by atoms with Crippen molar-refractivity contribution >= 4 is 22.0 Å². The average molecular weight is 383 g/mol. The average Bonchev–Trinajstić information content (AvgIpc) is 3.11. The molecule has 1 unspecified atom stereocenters. The summed E-state index contributed by atoms with van der Waals surface area (Å²) in [6.07, 6.45) is 0.459. The second kappa shape index (κ2) is 8.50. The van der Waals surface area contributed by atoms with Crippen LogP contribution >= 0.6 is 0 Å². The van der Waals surface area contributed by atoms with Gasteiger partial charge in [0, 0.05) is 32.7 Å². The molecule has 1 heterocycles. The summed E-state index contributed by atoms with van der Waals surface area (Å²) < 4.78 is 26.3. The van der Waals surface area contributed by atoms with Gasteiger partial charge in [0.2, 0.25) is 10.0 Å². The molecular weight excluding hydrogens is 358 g/mol. The molecule has 1 aromatic carbocycles. The third kappa shape index (κ3) is 4.53. The van der Waals surface area contributed by atoms with Crippen molar-refractivity contribution in [3.05, 3.63) is 29.8 Å². The Balaban J connectivity index is 1.94. The molecule has 9 heteroatoms. The summed E-state index contributed by atoms with van der Waals surface area (Å²) in [6, 6.07) is 6.09. The highest BCUT2D eigenvalue weighted by Crippen LogP contribution is 2.18. The van der Waals surface area contributed by atoms with E-state index < -0.39 is 21.9 Å². The molecule has 1 fully saturated rings. The molecule has 0 aliphatic carbocycles. The van der Waals surface area contributed by atoms with Crippen LogP contribution in [-0.2, 0) is 21.4 Å². The van der Waals surface area contributed by atoms with E-state index in [0.717, 1.165) is 5.56 Å². The number of rotatable bonds is 7. The number of hydrogen-bond acceptors (Lipinski definition) is 4. The number of hydrogen-bond donors (Lipinski definition) is 2. The summed E-state index contributed by atoms with van der Waals surface area (Å²) in [5.74, 6) is -1.39. The smallest absolute Gasteiger partial charge is 0.317 e. The molecule has 2 amide bonds. The van der Waals surface area contributed by atoms with Crippen LogP contribution in [0, 0.1) is 5.92 Å². The number of carboxylic acids is 1. The largest absolute Gasteiger partial charge is 0.481 e. The first-order valence-electron chi connectivity index (χ1n) is 8.64. The normalized spacial score (nSPS) is 17.5. The number of amides is 2. The Labute approximate surface area is 153 Å². The van der Waals surface area contributed by atoms with Gasteiger partial charge < -0.3 is 15.3 Å². The fourth-order valence-electron chi connectivity index (χ4n) is 2.93. The lowest BCUT2D eigenvalue weighted by molar-refractivity contribution is -0.141. The fraction of sp³-hybridized carbons (Fsp3) is 0.529. The Morgan fingerprint density at radius 1 is 1.23 bits per heavy atom. The molecule has 8 nitrogen and oxygen atoms in total. The van der Waals surface area contributed by atoms with Crippen LogP contribution in [0.5, 0.6) is 0 Å². The molecule has 1 aromatic rings. The van der Waals surface area contributed by atoms with E-state index in [1.807, 2.05) is 0 Å². The van der Waals surface area contributed by atoms with Gasteiger partial charge in [-0.05, 0) is 24.1 Å². The second-order valence-electron chi connectivity index (χ2n) is 6.16. The van der Waals surface area contributed by atoms with Crippen molar-refractivity contribution < 1.29 is 23.1 Å². The first-order chi connectivity index (χ1) is 12.3. The zero-order chi connectivity index (χ0) is 19.3. The fourth-order valence-corrected chi connectivity index (χ4v) is 4.39. The topological polar surface area (TPSA) is 107 Å². The van der Waals surface area contributed by atoms with Gasteiger partial charge >= 0.3 is 12.0 Å². The molecule has 0 bridgehead atoms. The molecular formula is C17H25N3O5S. The molecule has 1 aliphatic rings. The summed E-state index contributed by atoms with van der Waals surface area (Å²) >= 11 is 0. The third-order valence-electron chi connectivity index (χ3n) is 4.53. The monoisotopic (exact) mass is 383 g/mol. The quantitative estimate of drug-likeness (QED) is 0.739. The van der Waals surface area contributed by atoms with Crippen molar-refractivity contribution in [2.45, 2.75) is 31.7 Å². The molecule has 144 valence electrons. The van der Waals surface area contributed by atoms with E-state index in [2.05, 4.69) is 5.32 Å². The highest BCUT2D eigenvalue weighted by Gasteiger charge is 2.30. The minimum atomic E-state index is -3.49. The molecule has 26 heavy (non-hydrogen) atoms. The van der Waals surface area contributed by atoms with Gasteiger partial charge in [-0.15, -0.1) is 0 Å². The second-order valence-corrected chi connectivity index (χ2v) is 8.10. The number of nitrogens with zero attached hydrogens (tertiary/aromatic N) is 2. The molecule has 2 rings (SSSR count). The van der Waals surface area contributed by atoms with E-state index in [1.165, 1.54) is 21.3 Å². The number of sulfonamides is 1. The van der Waals surface area contributed by atoms with Crippen molar-refractivity contribution in [1.29, 1.82) is 0 Å². The molecule has 0 spiro atoms. The molecule has 0 aromatic heterocycles. The van der Waals surface area contributed by atoms with E-state index in [0.29, 0.717) is 26.1 Å². The predicted octanol–water partition coefficient (Wildman–Crippen LogP) is 1.33. The van der Waals surface area contributed by atoms with Crippen LogP contribution in [0.1, 0.15) is 25.8 Å². The summed E-state index contributed by atoms with van der Waals surface area (Å²) in [7, 11) is -3.49.